The van der Waals surface area contributed by atoms with Gasteiger partial charge in [-0.25, -0.2) is 0 Å². The lowest BCUT2D eigenvalue weighted by atomic mass is 9.85. The second kappa shape index (κ2) is 6.94. The minimum Gasteiger partial charge on any atom is -0.465 e. The van der Waals surface area contributed by atoms with Crippen molar-refractivity contribution in [1.82, 2.24) is 0 Å². The van der Waals surface area contributed by atoms with Crippen LogP contribution in [-0.2, 0) is 19.1 Å². The summed E-state index contributed by atoms with van der Waals surface area (Å²) in [5.41, 5.74) is -0.356. The van der Waals surface area contributed by atoms with Crippen molar-refractivity contribution in [1.29, 1.82) is 0 Å². The van der Waals surface area contributed by atoms with Gasteiger partial charge in [-0.3, -0.25) is 9.59 Å². The van der Waals surface area contributed by atoms with Crippen LogP contribution < -0.4 is 0 Å². The second-order valence-electron chi connectivity index (χ2n) is 4.55. The molecule has 1 saturated carbocycles. The highest BCUT2D eigenvalue weighted by Gasteiger charge is 2.54. The van der Waals surface area contributed by atoms with E-state index in [0.717, 1.165) is 5.57 Å². The van der Waals surface area contributed by atoms with Crippen LogP contribution in [0.4, 0.5) is 0 Å². The van der Waals surface area contributed by atoms with Gasteiger partial charge in [-0.05, 0) is 32.6 Å². The highest BCUT2D eigenvalue weighted by molar-refractivity contribution is 6.18. The molecule has 0 spiro atoms. The second-order valence-corrected chi connectivity index (χ2v) is 4.95. The fourth-order valence-electron chi connectivity index (χ4n) is 2.45. The van der Waals surface area contributed by atoms with E-state index in [1.165, 1.54) is 5.98 Å². The van der Waals surface area contributed by atoms with Crippen molar-refractivity contribution in [2.24, 2.45) is 11.3 Å². The van der Waals surface area contributed by atoms with Gasteiger partial charge in [-0.1, -0.05) is 11.6 Å². The largest absolute Gasteiger partial charge is 0.465 e. The molecule has 0 bridgehead atoms. The third kappa shape index (κ3) is 3.11. The van der Waals surface area contributed by atoms with Crippen molar-refractivity contribution in [2.75, 3.05) is 13.2 Å². The Hall–Kier alpha value is -1.04. The van der Waals surface area contributed by atoms with Crippen molar-refractivity contribution in [2.45, 2.75) is 32.7 Å². The van der Waals surface area contributed by atoms with Crippen LogP contribution in [0.15, 0.2) is 11.5 Å². The molecule has 19 heavy (non-hydrogen) atoms. The number of hydrogen-bond acceptors (Lipinski definition) is 4. The van der Waals surface area contributed by atoms with Crippen LogP contribution in [0.25, 0.3) is 0 Å². The minimum atomic E-state index is -1.24. The molecule has 0 aromatic heterocycles. The minimum absolute atomic E-state index is 0.0514. The third-order valence-corrected chi connectivity index (χ3v) is 3.91. The summed E-state index contributed by atoms with van der Waals surface area (Å²) in [5.74, 6) is 0.492. The standard InChI is InChI=1S/C13H18BO4Si/c1-3-17-11(15)13(12(16)18-4-2)5-9(7-14)10(6-13)8-19/h7,10H,3-6,8H2,1-2H3/b9-7-. The maximum atomic E-state index is 12.2. The van der Waals surface area contributed by atoms with Crippen LogP contribution in [0.2, 0.25) is 6.04 Å². The molecule has 1 aliphatic rings. The number of ether oxygens (including phenoxy) is 2. The lowest BCUT2D eigenvalue weighted by molar-refractivity contribution is -0.171. The molecular formula is C13H18BO4Si. The van der Waals surface area contributed by atoms with Gasteiger partial charge in [-0.2, -0.15) is 0 Å². The first-order chi connectivity index (χ1) is 9.05. The number of hydrogen-bond donors (Lipinski definition) is 0. The van der Waals surface area contributed by atoms with Crippen molar-refractivity contribution >= 4 is 30.0 Å². The highest BCUT2D eigenvalue weighted by atomic mass is 28.1. The van der Waals surface area contributed by atoms with E-state index < -0.39 is 17.4 Å². The van der Waals surface area contributed by atoms with Gasteiger partial charge in [0.25, 0.3) is 0 Å². The molecule has 0 aromatic carbocycles. The van der Waals surface area contributed by atoms with Crippen LogP contribution in [0, 0.1) is 11.3 Å². The van der Waals surface area contributed by atoms with Crippen molar-refractivity contribution < 1.29 is 19.1 Å². The average molecular weight is 277 g/mol. The Morgan fingerprint density at radius 2 is 1.89 bits per heavy atom. The van der Waals surface area contributed by atoms with Gasteiger partial charge in [0.15, 0.2) is 5.41 Å². The number of carbonyl (C=O) groups excluding carboxylic acids is 2. The van der Waals surface area contributed by atoms with E-state index in [1.54, 1.807) is 13.8 Å². The highest BCUT2D eigenvalue weighted by Crippen LogP contribution is 2.48. The number of allylic oxidation sites excluding steroid dienone is 1. The lowest BCUT2D eigenvalue weighted by Gasteiger charge is -2.24. The zero-order valence-electron chi connectivity index (χ0n) is 11.4. The Bertz CT molecular complexity index is 363. The van der Waals surface area contributed by atoms with Crippen molar-refractivity contribution in [3.63, 3.8) is 0 Å². The van der Waals surface area contributed by atoms with E-state index in [4.69, 9.17) is 17.3 Å². The first kappa shape index (κ1) is 16.0. The van der Waals surface area contributed by atoms with Gasteiger partial charge in [0.2, 0.25) is 0 Å². The fourth-order valence-corrected chi connectivity index (χ4v) is 2.85. The first-order valence-electron chi connectivity index (χ1n) is 6.45. The number of carbonyl (C=O) groups is 2. The summed E-state index contributed by atoms with van der Waals surface area (Å²) >= 11 is 0. The molecule has 1 fully saturated rings. The third-order valence-electron chi connectivity index (χ3n) is 3.42. The molecule has 0 aromatic rings. The summed E-state index contributed by atoms with van der Waals surface area (Å²) in [6.07, 6.45) is 0.646. The Labute approximate surface area is 118 Å². The normalized spacial score (nSPS) is 23.3. The molecule has 0 saturated heterocycles. The molecule has 1 rings (SSSR count). The SMILES string of the molecule is [B]/C=C1/CC(C(=O)OCC)(C(=O)OCC)CC1C[Si]. The molecule has 6 heteroatoms. The summed E-state index contributed by atoms with van der Waals surface area (Å²) in [5, 5.41) is 0. The van der Waals surface area contributed by atoms with Crippen molar-refractivity contribution in [3.8, 4) is 0 Å². The Morgan fingerprint density at radius 1 is 1.37 bits per heavy atom. The van der Waals surface area contributed by atoms with Crippen LogP contribution in [0.3, 0.4) is 0 Å². The first-order valence-corrected chi connectivity index (χ1v) is 7.16. The Balaban J connectivity index is 3.08. The zero-order valence-corrected chi connectivity index (χ0v) is 12.4. The molecule has 0 aliphatic heterocycles. The molecule has 0 amide bonds. The van der Waals surface area contributed by atoms with E-state index in [9.17, 15) is 9.59 Å². The van der Waals surface area contributed by atoms with Crippen LogP contribution >= 0.6 is 0 Å². The number of rotatable bonds is 5. The maximum absolute atomic E-state index is 12.2. The Morgan fingerprint density at radius 3 is 2.21 bits per heavy atom. The molecule has 1 aliphatic carbocycles. The van der Waals surface area contributed by atoms with Gasteiger partial charge in [0.05, 0.1) is 13.2 Å². The molecule has 1 unspecified atom stereocenters. The smallest absolute Gasteiger partial charge is 0.323 e. The van der Waals surface area contributed by atoms with E-state index in [2.05, 4.69) is 10.2 Å². The van der Waals surface area contributed by atoms with Gasteiger partial charge in [0.1, 0.15) is 7.85 Å². The van der Waals surface area contributed by atoms with Crippen molar-refractivity contribution in [3.05, 3.63) is 11.5 Å². The van der Waals surface area contributed by atoms with Gasteiger partial charge in [-0.15, -0.1) is 5.98 Å². The van der Waals surface area contributed by atoms with Gasteiger partial charge in [0, 0.05) is 10.2 Å². The summed E-state index contributed by atoms with van der Waals surface area (Å²) in [6.45, 7) is 3.90. The van der Waals surface area contributed by atoms with Gasteiger partial charge < -0.3 is 9.47 Å². The van der Waals surface area contributed by atoms with E-state index in [0.29, 0.717) is 12.5 Å². The monoisotopic (exact) mass is 277 g/mol. The quantitative estimate of drug-likeness (QED) is 0.430. The summed E-state index contributed by atoms with van der Waals surface area (Å²) in [7, 11) is 9.02. The predicted octanol–water partition coefficient (Wildman–Crippen LogP) is 1.15. The topological polar surface area (TPSA) is 52.6 Å². The molecule has 101 valence electrons. The summed E-state index contributed by atoms with van der Waals surface area (Å²) in [4.78, 5) is 24.4. The molecule has 4 nitrogen and oxygen atoms in total. The van der Waals surface area contributed by atoms with Crippen LogP contribution in [0.1, 0.15) is 26.7 Å². The van der Waals surface area contributed by atoms with E-state index in [-0.39, 0.29) is 25.6 Å². The zero-order chi connectivity index (χ0) is 14.5. The van der Waals surface area contributed by atoms with E-state index in [1.807, 2.05) is 0 Å². The molecular weight excluding hydrogens is 259 g/mol. The number of esters is 2. The maximum Gasteiger partial charge on any atom is 0.323 e. The molecule has 0 heterocycles. The molecule has 0 N–H and O–H groups in total. The summed E-state index contributed by atoms with van der Waals surface area (Å²) in [6, 6.07) is 0.642. The fraction of sp³-hybridized carbons (Fsp3) is 0.692. The van der Waals surface area contributed by atoms with E-state index >= 15 is 0 Å². The molecule has 1 atom stereocenters. The predicted molar refractivity (Wildman–Crippen MR) is 72.8 cm³/mol. The lowest BCUT2D eigenvalue weighted by Crippen LogP contribution is -2.40. The van der Waals surface area contributed by atoms with Crippen LogP contribution in [0.5, 0.6) is 0 Å². The van der Waals surface area contributed by atoms with Crippen LogP contribution in [-0.4, -0.2) is 43.2 Å². The summed E-state index contributed by atoms with van der Waals surface area (Å²) < 4.78 is 10.1. The average Bonchev–Trinajstić information content (AvgIpc) is 2.79. The van der Waals surface area contributed by atoms with Gasteiger partial charge >= 0.3 is 11.9 Å². The molecule has 5 radical (unpaired) electrons. The Kier molecular flexibility index (Phi) is 5.85.